The number of aromatic hydroxyl groups is 5. The summed E-state index contributed by atoms with van der Waals surface area (Å²) in [6.07, 6.45) is 0. The van der Waals surface area contributed by atoms with Gasteiger partial charge in [-0.3, -0.25) is 4.57 Å². The van der Waals surface area contributed by atoms with Crippen molar-refractivity contribution in [3.05, 3.63) is 133 Å². The second kappa shape index (κ2) is 11.7. The highest BCUT2D eigenvalue weighted by atomic mass is 32.1. The molecule has 11 rings (SSSR count). The van der Waals surface area contributed by atoms with E-state index < -0.39 is 28.7 Å². The minimum Gasteiger partial charge on any atom is -0.503 e. The molecular weight excluding hydrogens is 723 g/mol. The van der Waals surface area contributed by atoms with Gasteiger partial charge in [-0.05, 0) is 36.4 Å². The molecule has 0 bridgehead atoms. The van der Waals surface area contributed by atoms with Crippen molar-refractivity contribution in [3.63, 3.8) is 0 Å². The van der Waals surface area contributed by atoms with Crippen LogP contribution in [0.25, 0.3) is 98.2 Å². The summed E-state index contributed by atoms with van der Waals surface area (Å²) in [7, 11) is 0. The normalized spacial score (nSPS) is 11.9. The van der Waals surface area contributed by atoms with Crippen LogP contribution >= 0.6 is 11.3 Å². The summed E-state index contributed by atoms with van der Waals surface area (Å²) in [4.78, 5) is 15.5. The van der Waals surface area contributed by atoms with Crippen molar-refractivity contribution in [2.45, 2.75) is 0 Å². The summed E-state index contributed by atoms with van der Waals surface area (Å²) in [5.41, 5.74) is 4.23. The van der Waals surface area contributed by atoms with E-state index in [0.29, 0.717) is 28.6 Å². The van der Waals surface area contributed by atoms with Crippen LogP contribution in [0.15, 0.2) is 133 Å². The van der Waals surface area contributed by atoms with Crippen LogP contribution in [0.4, 0.5) is 0 Å². The van der Waals surface area contributed by atoms with E-state index >= 15 is 0 Å². The molecule has 0 amide bonds. The van der Waals surface area contributed by atoms with Crippen LogP contribution in [-0.4, -0.2) is 49.6 Å². The number of phenolic OH excluding ortho intramolecular Hbond substituents is 5. The van der Waals surface area contributed by atoms with Crippen molar-refractivity contribution < 1.29 is 25.5 Å². The number of thiophene rings is 1. The number of aromatic nitrogens is 5. The zero-order valence-corrected chi connectivity index (χ0v) is 29.9. The fourth-order valence-corrected chi connectivity index (χ4v) is 9.21. The molecule has 11 aromatic rings. The average Bonchev–Trinajstić information content (AvgIpc) is 3.89. The van der Waals surface area contributed by atoms with Gasteiger partial charge in [0, 0.05) is 52.8 Å². The lowest BCUT2D eigenvalue weighted by molar-refractivity contribution is 0.327. The zero-order chi connectivity index (χ0) is 37.8. The van der Waals surface area contributed by atoms with E-state index in [4.69, 9.17) is 15.0 Å². The van der Waals surface area contributed by atoms with E-state index in [9.17, 15) is 25.5 Å². The lowest BCUT2D eigenvalue weighted by Crippen LogP contribution is -2.06. The number of para-hydroxylation sites is 2. The van der Waals surface area contributed by atoms with E-state index in [2.05, 4.69) is 30.3 Å². The number of rotatable bonds is 4. The summed E-state index contributed by atoms with van der Waals surface area (Å²) < 4.78 is 5.86. The van der Waals surface area contributed by atoms with Crippen LogP contribution in [0, 0.1) is 0 Å². The molecular formula is C45H27N5O5S. The molecule has 0 saturated carbocycles. The van der Waals surface area contributed by atoms with Crippen molar-refractivity contribution in [3.8, 4) is 63.2 Å². The van der Waals surface area contributed by atoms with Gasteiger partial charge in [0.15, 0.2) is 23.1 Å². The van der Waals surface area contributed by atoms with Gasteiger partial charge in [-0.15, -0.1) is 11.3 Å². The third-order valence-electron chi connectivity index (χ3n) is 10.5. The first-order valence-corrected chi connectivity index (χ1v) is 18.6. The third-order valence-corrected chi connectivity index (χ3v) is 11.8. The van der Waals surface area contributed by atoms with E-state index in [1.807, 2.05) is 108 Å². The maximum Gasteiger partial charge on any atom is 0.238 e. The van der Waals surface area contributed by atoms with Crippen LogP contribution < -0.4 is 0 Å². The van der Waals surface area contributed by atoms with Crippen LogP contribution in [0.1, 0.15) is 0 Å². The monoisotopic (exact) mass is 749 g/mol. The smallest absolute Gasteiger partial charge is 0.238 e. The molecule has 0 unspecified atom stereocenters. The van der Waals surface area contributed by atoms with Crippen molar-refractivity contribution >= 4 is 75.1 Å². The standard InChI is InChI=1S/C45H27N5O5S/c51-37-36(38(52)40(54)41(55)39(37)53)49-31-18-7-4-13-24(31)29-22-34-30(21-33(29)49)25-14-5-8-19-32(25)50(34)45-47-43(23-11-2-1-3-12-23)46-44(48-45)28-17-10-16-27-26-15-6-9-20-35(26)56-42(27)28/h1-22,51-55H. The lowest BCUT2D eigenvalue weighted by atomic mass is 10.1. The summed E-state index contributed by atoms with van der Waals surface area (Å²) >= 11 is 1.71. The second-order valence-electron chi connectivity index (χ2n) is 13.6. The zero-order valence-electron chi connectivity index (χ0n) is 29.1. The van der Waals surface area contributed by atoms with Gasteiger partial charge in [-0.1, -0.05) is 97.1 Å². The number of nitrogens with zero attached hydrogens (tertiary/aromatic N) is 5. The number of phenols is 5. The Morgan fingerprint density at radius 2 is 0.946 bits per heavy atom. The Labute approximate surface area is 320 Å². The molecule has 0 radical (unpaired) electrons. The van der Waals surface area contributed by atoms with Crippen molar-refractivity contribution in [2.24, 2.45) is 0 Å². The molecule has 56 heavy (non-hydrogen) atoms. The highest BCUT2D eigenvalue weighted by Crippen LogP contribution is 2.54. The van der Waals surface area contributed by atoms with Gasteiger partial charge in [0.05, 0.1) is 22.1 Å². The highest BCUT2D eigenvalue weighted by molar-refractivity contribution is 7.26. The third kappa shape index (κ3) is 4.39. The quantitative estimate of drug-likeness (QED) is 0.0882. The lowest BCUT2D eigenvalue weighted by Gasteiger charge is -2.15. The molecule has 4 heterocycles. The fraction of sp³-hybridized carbons (Fsp3) is 0. The topological polar surface area (TPSA) is 150 Å². The maximum absolute atomic E-state index is 11.1. The van der Waals surface area contributed by atoms with Gasteiger partial charge in [0.1, 0.15) is 5.69 Å². The van der Waals surface area contributed by atoms with Gasteiger partial charge >= 0.3 is 0 Å². The first kappa shape index (κ1) is 31.9. The number of hydrogen-bond acceptors (Lipinski definition) is 9. The molecule has 4 aromatic heterocycles. The van der Waals surface area contributed by atoms with Crippen LogP contribution in [-0.2, 0) is 0 Å². The van der Waals surface area contributed by atoms with E-state index in [0.717, 1.165) is 53.8 Å². The molecule has 5 N–H and O–H groups in total. The average molecular weight is 750 g/mol. The van der Waals surface area contributed by atoms with Crippen LogP contribution in [0.3, 0.4) is 0 Å². The van der Waals surface area contributed by atoms with Gasteiger partial charge in [-0.25, -0.2) is 4.98 Å². The Hall–Kier alpha value is -7.63. The van der Waals surface area contributed by atoms with Gasteiger partial charge < -0.3 is 30.1 Å². The van der Waals surface area contributed by atoms with Crippen LogP contribution in [0.5, 0.6) is 28.7 Å². The molecule has 268 valence electrons. The molecule has 11 heteroatoms. The van der Waals surface area contributed by atoms with E-state index in [-0.39, 0.29) is 5.69 Å². The second-order valence-corrected chi connectivity index (χ2v) is 14.7. The number of fused-ring (bicyclic) bond motifs is 9. The minimum atomic E-state index is -1.02. The Morgan fingerprint density at radius 3 is 1.64 bits per heavy atom. The van der Waals surface area contributed by atoms with Crippen LogP contribution in [0.2, 0.25) is 0 Å². The molecule has 0 aliphatic carbocycles. The SMILES string of the molecule is Oc1c(O)c(O)c(-n2c3ccccc3c3cc4c(cc32)c2ccccc2n4-c2nc(-c3ccccc3)nc(-c3cccc4c3sc3ccccc34)n2)c(O)c1O. The van der Waals surface area contributed by atoms with Gasteiger partial charge in [-0.2, -0.15) is 9.97 Å². The minimum absolute atomic E-state index is 0.280. The Bertz CT molecular complexity index is 3410. The number of hydrogen-bond donors (Lipinski definition) is 5. The first-order valence-electron chi connectivity index (χ1n) is 17.8. The summed E-state index contributed by atoms with van der Waals surface area (Å²) in [6, 6.07) is 43.8. The molecule has 0 aliphatic rings. The maximum atomic E-state index is 11.1. The van der Waals surface area contributed by atoms with Crippen molar-refractivity contribution in [2.75, 3.05) is 0 Å². The highest BCUT2D eigenvalue weighted by Gasteiger charge is 2.28. The van der Waals surface area contributed by atoms with Gasteiger partial charge in [0.2, 0.25) is 23.2 Å². The molecule has 10 nitrogen and oxygen atoms in total. The van der Waals surface area contributed by atoms with E-state index in [1.165, 1.54) is 10.1 Å². The summed E-state index contributed by atoms with van der Waals surface area (Å²) in [6.45, 7) is 0. The first-order chi connectivity index (χ1) is 27.4. The molecule has 0 atom stereocenters. The summed E-state index contributed by atoms with van der Waals surface area (Å²) in [5.74, 6) is -3.03. The molecule has 0 aliphatic heterocycles. The molecule has 7 aromatic carbocycles. The number of benzene rings is 7. The Balaban J connectivity index is 1.24. The van der Waals surface area contributed by atoms with Crippen molar-refractivity contribution in [1.29, 1.82) is 0 Å². The predicted molar refractivity (Wildman–Crippen MR) is 221 cm³/mol. The van der Waals surface area contributed by atoms with Gasteiger partial charge in [0.25, 0.3) is 0 Å². The molecule has 0 spiro atoms. The van der Waals surface area contributed by atoms with Crippen molar-refractivity contribution in [1.82, 2.24) is 24.1 Å². The Kier molecular flexibility index (Phi) is 6.65. The molecule has 0 saturated heterocycles. The Morgan fingerprint density at radius 1 is 0.411 bits per heavy atom. The summed E-state index contributed by atoms with van der Waals surface area (Å²) in [5, 5.41) is 59.2. The van der Waals surface area contributed by atoms with E-state index in [1.54, 1.807) is 15.9 Å². The predicted octanol–water partition coefficient (Wildman–Crippen LogP) is 10.3. The molecule has 0 fully saturated rings. The fourth-order valence-electron chi connectivity index (χ4n) is 8.00. The largest absolute Gasteiger partial charge is 0.503 e.